The summed E-state index contributed by atoms with van der Waals surface area (Å²) in [5, 5.41) is 0. The van der Waals surface area contributed by atoms with Crippen LogP contribution in [0.2, 0.25) is 0 Å². The van der Waals surface area contributed by atoms with E-state index in [0.717, 1.165) is 0 Å². The Hall–Kier alpha value is -0.0500. The predicted octanol–water partition coefficient (Wildman–Crippen LogP) is 1.40. The average molecular weight is 216 g/mol. The molecule has 0 aromatic rings. The van der Waals surface area contributed by atoms with Crippen LogP contribution >= 0.6 is 12.6 Å². The van der Waals surface area contributed by atoms with Gasteiger partial charge < -0.3 is 0 Å². The van der Waals surface area contributed by atoms with Crippen molar-refractivity contribution in [1.29, 1.82) is 0 Å². The van der Waals surface area contributed by atoms with E-state index in [1.165, 1.54) is 0 Å². The second-order valence-corrected chi connectivity index (χ2v) is 4.28. The zero-order valence-electron chi connectivity index (χ0n) is 4.56. The molecule has 0 radical (unpaired) electrons. The van der Waals surface area contributed by atoms with E-state index < -0.39 is 19.9 Å². The highest BCUT2D eigenvalue weighted by Crippen LogP contribution is 2.37. The lowest BCUT2D eigenvalue weighted by Gasteiger charge is -2.12. The summed E-state index contributed by atoms with van der Waals surface area (Å²) >= 11 is 1.99. The van der Waals surface area contributed by atoms with Crippen molar-refractivity contribution in [3.05, 3.63) is 0 Å². The molecule has 0 heterocycles. The molecule has 9 heteroatoms. The SMILES string of the molecule is O=S(=O)(C(F)(F)F)C(F)(F)S. The van der Waals surface area contributed by atoms with Crippen molar-refractivity contribution in [2.75, 3.05) is 0 Å². The molecule has 0 amide bonds. The Bertz CT molecular complexity index is 212. The van der Waals surface area contributed by atoms with Crippen molar-refractivity contribution >= 4 is 22.5 Å². The molecule has 0 fully saturated rings. The first-order valence-electron chi connectivity index (χ1n) is 1.91. The van der Waals surface area contributed by atoms with Crippen molar-refractivity contribution in [3.8, 4) is 0 Å². The third kappa shape index (κ3) is 1.95. The van der Waals surface area contributed by atoms with Crippen LogP contribution in [0.15, 0.2) is 0 Å². The van der Waals surface area contributed by atoms with Gasteiger partial charge >= 0.3 is 19.9 Å². The molecular weight excluding hydrogens is 215 g/mol. The van der Waals surface area contributed by atoms with Crippen molar-refractivity contribution in [2.24, 2.45) is 0 Å². The maximum Gasteiger partial charge on any atom is 0.504 e. The fourth-order valence-corrected chi connectivity index (χ4v) is 0.728. The Morgan fingerprint density at radius 2 is 1.27 bits per heavy atom. The molecule has 11 heavy (non-hydrogen) atoms. The molecule has 0 aliphatic heterocycles. The molecule has 2 nitrogen and oxygen atoms in total. The summed E-state index contributed by atoms with van der Waals surface area (Å²) in [6.07, 6.45) is 0. The van der Waals surface area contributed by atoms with Gasteiger partial charge in [-0.1, -0.05) is 12.6 Å². The van der Waals surface area contributed by atoms with Crippen LogP contribution in [0.5, 0.6) is 0 Å². The van der Waals surface area contributed by atoms with E-state index in [4.69, 9.17) is 0 Å². The van der Waals surface area contributed by atoms with E-state index in [-0.39, 0.29) is 0 Å². The Balaban J connectivity index is 5.11. The van der Waals surface area contributed by atoms with Gasteiger partial charge in [0.1, 0.15) is 0 Å². The summed E-state index contributed by atoms with van der Waals surface area (Å²) in [7, 11) is -6.48. The summed E-state index contributed by atoms with van der Waals surface area (Å²) < 4.78 is 71.1. The van der Waals surface area contributed by atoms with Gasteiger partial charge in [-0.15, -0.1) is 0 Å². The van der Waals surface area contributed by atoms with Crippen LogP contribution in [0.3, 0.4) is 0 Å². The highest BCUT2D eigenvalue weighted by Gasteiger charge is 2.60. The molecule has 0 aliphatic carbocycles. The van der Waals surface area contributed by atoms with E-state index in [9.17, 15) is 30.4 Å². The minimum atomic E-state index is -6.48. The van der Waals surface area contributed by atoms with Gasteiger partial charge in [-0.2, -0.15) is 22.0 Å². The van der Waals surface area contributed by atoms with Gasteiger partial charge in [-0.3, -0.25) is 0 Å². The minimum absolute atomic E-state index is 1.99. The summed E-state index contributed by atoms with van der Waals surface area (Å²) in [6.45, 7) is 0. The zero-order valence-corrected chi connectivity index (χ0v) is 6.27. The maximum atomic E-state index is 11.6. The predicted molar refractivity (Wildman–Crippen MR) is 28.9 cm³/mol. The number of thiol groups is 1. The summed E-state index contributed by atoms with van der Waals surface area (Å²) in [5.74, 6) is 0. The zero-order chi connectivity index (χ0) is 9.50. The van der Waals surface area contributed by atoms with Gasteiger partial charge in [0.2, 0.25) is 0 Å². The van der Waals surface area contributed by atoms with Gasteiger partial charge in [-0.25, -0.2) is 8.42 Å². The molecule has 0 spiro atoms. The maximum absolute atomic E-state index is 11.6. The molecule has 68 valence electrons. The number of sulfone groups is 1. The highest BCUT2D eigenvalue weighted by molar-refractivity contribution is 8.06. The highest BCUT2D eigenvalue weighted by atomic mass is 32.2. The van der Waals surface area contributed by atoms with Gasteiger partial charge in [-0.05, 0) is 0 Å². The second kappa shape index (κ2) is 2.47. The average Bonchev–Trinajstić information content (AvgIpc) is 1.58. The summed E-state index contributed by atoms with van der Waals surface area (Å²) in [4.78, 5) is 0. The first kappa shape index (κ1) is 11.0. The van der Waals surface area contributed by atoms with E-state index in [0.29, 0.717) is 0 Å². The molecule has 0 saturated heterocycles. The lowest BCUT2D eigenvalue weighted by Crippen LogP contribution is -2.35. The van der Waals surface area contributed by atoms with E-state index in [2.05, 4.69) is 0 Å². The molecule has 0 atom stereocenters. The lowest BCUT2D eigenvalue weighted by atomic mass is 11.5. The lowest BCUT2D eigenvalue weighted by molar-refractivity contribution is -0.0499. The van der Waals surface area contributed by atoms with Crippen molar-refractivity contribution < 1.29 is 30.4 Å². The van der Waals surface area contributed by atoms with Gasteiger partial charge in [0.25, 0.3) is 0 Å². The Morgan fingerprint density at radius 1 is 1.00 bits per heavy atom. The smallest absolute Gasteiger partial charge is 0.212 e. The fourth-order valence-electron chi connectivity index (χ4n) is 0.139. The van der Waals surface area contributed by atoms with Crippen LogP contribution in [0.1, 0.15) is 0 Å². The van der Waals surface area contributed by atoms with Crippen LogP contribution in [0.4, 0.5) is 22.0 Å². The molecule has 0 aliphatic rings. The number of hydrogen-bond donors (Lipinski definition) is 1. The van der Waals surface area contributed by atoms with E-state index >= 15 is 0 Å². The fraction of sp³-hybridized carbons (Fsp3) is 1.00. The first-order valence-corrected chi connectivity index (χ1v) is 3.84. The Morgan fingerprint density at radius 3 is 1.27 bits per heavy atom. The molecule has 0 saturated carbocycles. The molecule has 0 aromatic heterocycles. The van der Waals surface area contributed by atoms with Crippen LogP contribution in [-0.2, 0) is 9.84 Å². The number of alkyl halides is 5. The third-order valence-electron chi connectivity index (χ3n) is 0.628. The first-order chi connectivity index (χ1) is 4.50. The molecule has 0 N–H and O–H groups in total. The quantitative estimate of drug-likeness (QED) is 0.531. The van der Waals surface area contributed by atoms with Crippen LogP contribution < -0.4 is 0 Å². The third-order valence-corrected chi connectivity index (χ3v) is 2.61. The topological polar surface area (TPSA) is 34.1 Å². The van der Waals surface area contributed by atoms with E-state index in [1.807, 2.05) is 12.6 Å². The molecule has 0 rings (SSSR count). The molecule has 0 aromatic carbocycles. The van der Waals surface area contributed by atoms with Crippen LogP contribution in [-0.4, -0.2) is 18.5 Å². The van der Waals surface area contributed by atoms with E-state index in [1.54, 1.807) is 0 Å². The minimum Gasteiger partial charge on any atom is -0.212 e. The Kier molecular flexibility index (Phi) is 2.46. The van der Waals surface area contributed by atoms with Gasteiger partial charge in [0, 0.05) is 0 Å². The van der Waals surface area contributed by atoms with Crippen molar-refractivity contribution in [2.45, 2.75) is 10.1 Å². The standard InChI is InChI=1S/C2HF5O2S2/c3-1(4,5)11(8,9)2(6,7)10/h10H. The number of rotatable bonds is 1. The van der Waals surface area contributed by atoms with Crippen LogP contribution in [0, 0.1) is 0 Å². The number of hydrogen-bond acceptors (Lipinski definition) is 3. The largest absolute Gasteiger partial charge is 0.504 e. The summed E-state index contributed by atoms with van der Waals surface area (Å²) in [6, 6.07) is 0. The van der Waals surface area contributed by atoms with Gasteiger partial charge in [0.15, 0.2) is 0 Å². The number of halogens is 5. The Labute approximate surface area is 63.7 Å². The van der Waals surface area contributed by atoms with Crippen molar-refractivity contribution in [1.82, 2.24) is 0 Å². The molecule has 0 unspecified atom stereocenters. The van der Waals surface area contributed by atoms with Crippen LogP contribution in [0.25, 0.3) is 0 Å². The molecule has 0 bridgehead atoms. The molecular formula is C2HF5O2S2. The van der Waals surface area contributed by atoms with Gasteiger partial charge in [0.05, 0.1) is 0 Å². The van der Waals surface area contributed by atoms with Crippen molar-refractivity contribution in [3.63, 3.8) is 0 Å². The summed E-state index contributed by atoms with van der Waals surface area (Å²) in [5.41, 5.74) is -5.97. The second-order valence-electron chi connectivity index (χ2n) is 1.44. The normalized spacial score (nSPS) is 15.1. The monoisotopic (exact) mass is 216 g/mol.